The van der Waals surface area contributed by atoms with Crippen LogP contribution < -0.4 is 5.32 Å². The zero-order chi connectivity index (χ0) is 16.8. The van der Waals surface area contributed by atoms with Gasteiger partial charge >= 0.3 is 0 Å². The van der Waals surface area contributed by atoms with E-state index in [4.69, 9.17) is 4.74 Å². The average molecular weight is 348 g/mol. The summed E-state index contributed by atoms with van der Waals surface area (Å²) in [6, 6.07) is 9.00. The van der Waals surface area contributed by atoms with Crippen LogP contribution in [0.15, 0.2) is 30.3 Å². The molecule has 2 heterocycles. The molecule has 0 aliphatic carbocycles. The Balaban J connectivity index is 1.58. The topological polar surface area (TPSA) is 58.6 Å². The van der Waals surface area contributed by atoms with Crippen molar-refractivity contribution < 1.29 is 14.3 Å². The molecule has 2 atom stereocenters. The first-order valence-electron chi connectivity index (χ1n) is 8.57. The Kier molecular flexibility index (Phi) is 6.15. The molecule has 2 amide bonds. The van der Waals surface area contributed by atoms with Gasteiger partial charge < -0.3 is 15.0 Å². The molecule has 2 fully saturated rings. The van der Waals surface area contributed by atoms with E-state index < -0.39 is 6.04 Å². The van der Waals surface area contributed by atoms with E-state index in [1.165, 1.54) is 6.42 Å². The van der Waals surface area contributed by atoms with E-state index in [1.807, 2.05) is 30.3 Å². The Morgan fingerprint density at radius 3 is 2.88 bits per heavy atom. The van der Waals surface area contributed by atoms with Gasteiger partial charge in [-0.3, -0.25) is 9.59 Å². The largest absolute Gasteiger partial charge is 0.377 e. The van der Waals surface area contributed by atoms with Crippen molar-refractivity contribution in [3.63, 3.8) is 0 Å². The van der Waals surface area contributed by atoms with Crippen molar-refractivity contribution in [2.45, 2.75) is 31.4 Å². The van der Waals surface area contributed by atoms with Gasteiger partial charge in [-0.25, -0.2) is 0 Å². The smallest absolute Gasteiger partial charge is 0.247 e. The van der Waals surface area contributed by atoms with Crippen LogP contribution in [-0.2, 0) is 14.3 Å². The third-order valence-electron chi connectivity index (χ3n) is 4.45. The highest BCUT2D eigenvalue weighted by molar-refractivity contribution is 7.99. The molecule has 2 saturated heterocycles. The zero-order valence-electron chi connectivity index (χ0n) is 13.8. The highest BCUT2D eigenvalue weighted by Crippen LogP contribution is 2.24. The molecule has 2 aliphatic rings. The lowest BCUT2D eigenvalue weighted by Crippen LogP contribution is -2.52. The van der Waals surface area contributed by atoms with Gasteiger partial charge in [0.15, 0.2) is 0 Å². The lowest BCUT2D eigenvalue weighted by molar-refractivity contribution is -0.141. The Hall–Kier alpha value is -1.53. The van der Waals surface area contributed by atoms with Crippen LogP contribution in [0.5, 0.6) is 0 Å². The van der Waals surface area contributed by atoms with Gasteiger partial charge in [0.2, 0.25) is 11.8 Å². The molecule has 0 radical (unpaired) electrons. The Bertz CT molecular complexity index is 561. The Morgan fingerprint density at radius 1 is 1.29 bits per heavy atom. The van der Waals surface area contributed by atoms with E-state index >= 15 is 0 Å². The van der Waals surface area contributed by atoms with E-state index in [1.54, 1.807) is 16.7 Å². The molecule has 24 heavy (non-hydrogen) atoms. The third kappa shape index (κ3) is 4.30. The maximum atomic E-state index is 12.7. The second kappa shape index (κ2) is 8.53. The summed E-state index contributed by atoms with van der Waals surface area (Å²) in [6.45, 7) is 1.91. The lowest BCUT2D eigenvalue weighted by Gasteiger charge is -2.35. The summed E-state index contributed by atoms with van der Waals surface area (Å²) >= 11 is 1.61. The lowest BCUT2D eigenvalue weighted by atomic mass is 10.0. The highest BCUT2D eigenvalue weighted by Gasteiger charge is 2.34. The van der Waals surface area contributed by atoms with Crippen molar-refractivity contribution >= 4 is 23.6 Å². The molecule has 2 aliphatic heterocycles. The van der Waals surface area contributed by atoms with Crippen LogP contribution in [0.2, 0.25) is 0 Å². The van der Waals surface area contributed by atoms with Crippen LogP contribution in [0, 0.1) is 0 Å². The molecule has 0 saturated carbocycles. The quantitative estimate of drug-likeness (QED) is 0.884. The number of nitrogens with one attached hydrogen (secondary N) is 1. The van der Waals surface area contributed by atoms with E-state index in [9.17, 15) is 9.59 Å². The molecular formula is C18H24N2O3S. The molecule has 3 rings (SSSR count). The molecule has 0 bridgehead atoms. The van der Waals surface area contributed by atoms with Gasteiger partial charge in [0.1, 0.15) is 6.04 Å². The van der Waals surface area contributed by atoms with Gasteiger partial charge in [-0.1, -0.05) is 30.3 Å². The summed E-state index contributed by atoms with van der Waals surface area (Å²) in [7, 11) is 0. The summed E-state index contributed by atoms with van der Waals surface area (Å²) < 4.78 is 5.70. The number of ether oxygens (including phenoxy) is 1. The molecule has 0 unspecified atom stereocenters. The second-order valence-electron chi connectivity index (χ2n) is 6.20. The normalized spacial score (nSPS) is 24.5. The van der Waals surface area contributed by atoms with Gasteiger partial charge in [-0.2, -0.15) is 0 Å². The van der Waals surface area contributed by atoms with Crippen molar-refractivity contribution in [2.24, 2.45) is 0 Å². The first kappa shape index (κ1) is 17.3. The molecule has 0 spiro atoms. The molecule has 0 aromatic heterocycles. The summed E-state index contributed by atoms with van der Waals surface area (Å²) in [4.78, 5) is 26.7. The summed E-state index contributed by atoms with van der Waals surface area (Å²) in [6.07, 6.45) is 3.70. The fourth-order valence-corrected chi connectivity index (χ4v) is 4.19. The van der Waals surface area contributed by atoms with Gasteiger partial charge in [-0.15, -0.1) is 11.8 Å². The van der Waals surface area contributed by atoms with Crippen LogP contribution in [0.1, 0.15) is 30.9 Å². The SMILES string of the molecule is O=C1NCCN(C(=O)CSC[C@H]2CCCCO2)[C@@H]1c1ccccc1. The van der Waals surface area contributed by atoms with Crippen LogP contribution in [0.25, 0.3) is 0 Å². The molecule has 1 aromatic carbocycles. The van der Waals surface area contributed by atoms with Crippen LogP contribution in [-0.4, -0.2) is 54.0 Å². The Labute approximate surface area is 147 Å². The van der Waals surface area contributed by atoms with Crippen molar-refractivity contribution in [2.75, 3.05) is 31.2 Å². The van der Waals surface area contributed by atoms with Gasteiger partial charge in [-0.05, 0) is 24.8 Å². The minimum Gasteiger partial charge on any atom is -0.377 e. The van der Waals surface area contributed by atoms with Crippen molar-refractivity contribution in [1.82, 2.24) is 10.2 Å². The Morgan fingerprint density at radius 2 is 2.12 bits per heavy atom. The molecular weight excluding hydrogens is 324 g/mol. The number of piperazine rings is 1. The number of amides is 2. The highest BCUT2D eigenvalue weighted by atomic mass is 32.2. The molecule has 1 aromatic rings. The maximum Gasteiger partial charge on any atom is 0.247 e. The van der Waals surface area contributed by atoms with Crippen molar-refractivity contribution in [3.8, 4) is 0 Å². The van der Waals surface area contributed by atoms with Crippen molar-refractivity contribution in [3.05, 3.63) is 35.9 Å². The number of thioether (sulfide) groups is 1. The number of hydrogen-bond donors (Lipinski definition) is 1. The summed E-state index contributed by atoms with van der Waals surface area (Å²) in [5.74, 6) is 1.18. The third-order valence-corrected chi connectivity index (χ3v) is 5.51. The number of hydrogen-bond acceptors (Lipinski definition) is 4. The number of carbonyl (C=O) groups excluding carboxylic acids is 2. The number of benzene rings is 1. The predicted octanol–water partition coefficient (Wildman–Crippen LogP) is 1.99. The van der Waals surface area contributed by atoms with E-state index in [2.05, 4.69) is 5.32 Å². The monoisotopic (exact) mass is 348 g/mol. The zero-order valence-corrected chi connectivity index (χ0v) is 14.6. The molecule has 5 nitrogen and oxygen atoms in total. The average Bonchev–Trinajstić information content (AvgIpc) is 2.63. The van der Waals surface area contributed by atoms with Crippen LogP contribution in [0.4, 0.5) is 0 Å². The fourth-order valence-electron chi connectivity index (χ4n) is 3.20. The van der Waals surface area contributed by atoms with Crippen LogP contribution >= 0.6 is 11.8 Å². The second-order valence-corrected chi connectivity index (χ2v) is 7.23. The number of nitrogens with zero attached hydrogens (tertiary/aromatic N) is 1. The predicted molar refractivity (Wildman–Crippen MR) is 94.8 cm³/mol. The van der Waals surface area contributed by atoms with Gasteiger partial charge in [0, 0.05) is 25.4 Å². The van der Waals surface area contributed by atoms with Crippen LogP contribution in [0.3, 0.4) is 0 Å². The first-order valence-corrected chi connectivity index (χ1v) is 9.72. The standard InChI is InChI=1S/C18H24N2O3S/c21-16(13-24-12-15-8-4-5-11-23-15)20-10-9-19-18(22)17(20)14-6-2-1-3-7-14/h1-3,6-7,15,17H,4-5,8-13H2,(H,19,22)/t15-,17-/m1/s1. The minimum absolute atomic E-state index is 0.0273. The van der Waals surface area contributed by atoms with E-state index in [-0.39, 0.29) is 17.9 Å². The molecule has 6 heteroatoms. The van der Waals surface area contributed by atoms with Crippen molar-refractivity contribution in [1.29, 1.82) is 0 Å². The van der Waals surface area contributed by atoms with E-state index in [0.29, 0.717) is 18.8 Å². The maximum absolute atomic E-state index is 12.7. The van der Waals surface area contributed by atoms with E-state index in [0.717, 1.165) is 30.8 Å². The fraction of sp³-hybridized carbons (Fsp3) is 0.556. The number of rotatable bonds is 5. The van der Waals surface area contributed by atoms with Gasteiger partial charge in [0.05, 0.1) is 11.9 Å². The summed E-state index contributed by atoms with van der Waals surface area (Å²) in [5.41, 5.74) is 0.865. The number of carbonyl (C=O) groups is 2. The van der Waals surface area contributed by atoms with Gasteiger partial charge in [0.25, 0.3) is 0 Å². The first-order chi connectivity index (χ1) is 11.8. The summed E-state index contributed by atoms with van der Waals surface area (Å²) in [5, 5.41) is 2.86. The molecule has 1 N–H and O–H groups in total. The minimum atomic E-state index is -0.515. The molecule has 130 valence electrons.